The van der Waals surface area contributed by atoms with E-state index in [1.54, 1.807) is 6.92 Å². The number of rotatable bonds is 6. The van der Waals surface area contributed by atoms with Crippen LogP contribution in [0.4, 0.5) is 15.8 Å². The fourth-order valence-electron chi connectivity index (χ4n) is 2.01. The van der Waals surface area contributed by atoms with E-state index in [4.69, 9.17) is 11.6 Å². The summed E-state index contributed by atoms with van der Waals surface area (Å²) in [5.74, 6) is -1.23. The first-order chi connectivity index (χ1) is 11.3. The molecule has 1 amide bonds. The smallest absolute Gasteiger partial charge is 0.255 e. The van der Waals surface area contributed by atoms with Crippen LogP contribution >= 0.6 is 11.6 Å². The number of carbonyl (C=O) groups excluding carboxylic acids is 1. The molecule has 0 atom stereocenters. The maximum Gasteiger partial charge on any atom is 0.255 e. The Hall–Kier alpha value is -2.12. The summed E-state index contributed by atoms with van der Waals surface area (Å²) in [6.45, 7) is 1.75. The van der Waals surface area contributed by atoms with E-state index < -0.39 is 21.7 Å². The van der Waals surface area contributed by atoms with Gasteiger partial charge >= 0.3 is 0 Å². The van der Waals surface area contributed by atoms with E-state index in [-0.39, 0.29) is 27.7 Å². The van der Waals surface area contributed by atoms with Crippen LogP contribution in [-0.4, -0.2) is 20.1 Å². The van der Waals surface area contributed by atoms with Gasteiger partial charge in [0.2, 0.25) is 10.0 Å². The Labute approximate surface area is 144 Å². The molecule has 0 fully saturated rings. The highest BCUT2D eigenvalue weighted by molar-refractivity contribution is 7.92. The molecule has 2 aromatic rings. The maximum absolute atomic E-state index is 13.7. The van der Waals surface area contributed by atoms with Crippen molar-refractivity contribution >= 4 is 38.9 Å². The number of nitrogens with one attached hydrogen (secondary N) is 2. The van der Waals surface area contributed by atoms with Gasteiger partial charge in [0.05, 0.1) is 11.4 Å². The molecular formula is C16H16ClFN2O3S. The number of carbonyl (C=O) groups is 1. The Balaban J connectivity index is 2.17. The minimum atomic E-state index is -3.45. The van der Waals surface area contributed by atoms with Crippen molar-refractivity contribution in [3.05, 3.63) is 58.9 Å². The molecule has 0 aliphatic heterocycles. The van der Waals surface area contributed by atoms with Gasteiger partial charge in [-0.1, -0.05) is 24.6 Å². The molecule has 128 valence electrons. The van der Waals surface area contributed by atoms with Gasteiger partial charge in [0.15, 0.2) is 0 Å². The molecule has 5 nitrogen and oxygen atoms in total. The molecule has 0 aliphatic carbocycles. The Morgan fingerprint density at radius 2 is 1.96 bits per heavy atom. The first-order valence-electron chi connectivity index (χ1n) is 7.17. The summed E-state index contributed by atoms with van der Waals surface area (Å²) < 4.78 is 39.7. The lowest BCUT2D eigenvalue weighted by atomic mass is 10.2. The average Bonchev–Trinajstić information content (AvgIpc) is 2.49. The van der Waals surface area contributed by atoms with E-state index in [2.05, 4.69) is 10.0 Å². The monoisotopic (exact) mass is 370 g/mol. The number of sulfonamides is 1. The van der Waals surface area contributed by atoms with Crippen molar-refractivity contribution in [1.29, 1.82) is 0 Å². The van der Waals surface area contributed by atoms with Crippen molar-refractivity contribution in [3.63, 3.8) is 0 Å². The highest BCUT2D eigenvalue weighted by Crippen LogP contribution is 2.20. The molecule has 2 rings (SSSR count). The predicted octanol–water partition coefficient (Wildman–Crippen LogP) is 3.88. The quantitative estimate of drug-likeness (QED) is 0.810. The lowest BCUT2D eigenvalue weighted by Gasteiger charge is -2.10. The molecule has 0 saturated heterocycles. The van der Waals surface area contributed by atoms with Gasteiger partial charge in [-0.15, -0.1) is 0 Å². The Morgan fingerprint density at radius 3 is 2.62 bits per heavy atom. The molecule has 0 bridgehead atoms. The van der Waals surface area contributed by atoms with E-state index in [1.807, 2.05) is 0 Å². The van der Waals surface area contributed by atoms with Gasteiger partial charge in [-0.2, -0.15) is 0 Å². The lowest BCUT2D eigenvalue weighted by molar-refractivity contribution is 0.102. The minimum absolute atomic E-state index is 0.0126. The van der Waals surface area contributed by atoms with Gasteiger partial charge in [0.1, 0.15) is 5.82 Å². The normalized spacial score (nSPS) is 11.1. The Kier molecular flexibility index (Phi) is 5.80. The molecule has 0 radical (unpaired) electrons. The molecule has 0 aliphatic rings. The van der Waals surface area contributed by atoms with E-state index in [0.717, 1.165) is 6.07 Å². The third-order valence-corrected chi connectivity index (χ3v) is 4.78. The minimum Gasteiger partial charge on any atom is -0.319 e. The van der Waals surface area contributed by atoms with Crippen LogP contribution in [0, 0.1) is 5.82 Å². The van der Waals surface area contributed by atoms with Gasteiger partial charge in [0.25, 0.3) is 5.91 Å². The van der Waals surface area contributed by atoms with Crippen molar-refractivity contribution < 1.29 is 17.6 Å². The van der Waals surface area contributed by atoms with E-state index in [1.165, 1.54) is 36.4 Å². The van der Waals surface area contributed by atoms with Crippen LogP contribution in [-0.2, 0) is 10.0 Å². The van der Waals surface area contributed by atoms with Crippen molar-refractivity contribution in [2.75, 3.05) is 15.8 Å². The van der Waals surface area contributed by atoms with E-state index in [9.17, 15) is 17.6 Å². The van der Waals surface area contributed by atoms with Crippen LogP contribution in [0.1, 0.15) is 23.7 Å². The van der Waals surface area contributed by atoms with Crippen molar-refractivity contribution in [2.45, 2.75) is 13.3 Å². The highest BCUT2D eigenvalue weighted by atomic mass is 35.5. The predicted molar refractivity (Wildman–Crippen MR) is 93.5 cm³/mol. The summed E-state index contributed by atoms with van der Waals surface area (Å²) in [6.07, 6.45) is 0.478. The molecule has 2 aromatic carbocycles. The summed E-state index contributed by atoms with van der Waals surface area (Å²) >= 11 is 5.66. The first-order valence-corrected chi connectivity index (χ1v) is 9.20. The molecular weight excluding hydrogens is 355 g/mol. The van der Waals surface area contributed by atoms with Crippen molar-refractivity contribution in [2.24, 2.45) is 0 Å². The zero-order chi connectivity index (χ0) is 17.7. The summed E-state index contributed by atoms with van der Waals surface area (Å²) in [5, 5.41) is 2.64. The fourth-order valence-corrected chi connectivity index (χ4v) is 3.29. The number of hydrogen-bond donors (Lipinski definition) is 2. The van der Waals surface area contributed by atoms with Crippen LogP contribution < -0.4 is 10.0 Å². The number of benzene rings is 2. The molecule has 0 spiro atoms. The molecule has 8 heteroatoms. The standard InChI is InChI=1S/C16H16ClFN2O3S/c1-2-8-24(22,23)20-13-5-3-4-11(9-13)16(21)19-15-7-6-12(17)10-14(15)18/h3-7,9-10,20H,2,8H2,1H3,(H,19,21). The third kappa shape index (κ3) is 4.94. The van der Waals surface area contributed by atoms with Crippen molar-refractivity contribution in [1.82, 2.24) is 0 Å². The second-order valence-corrected chi connectivity index (χ2v) is 7.36. The largest absolute Gasteiger partial charge is 0.319 e. The van der Waals surface area contributed by atoms with Gasteiger partial charge in [-0.05, 0) is 42.8 Å². The summed E-state index contributed by atoms with van der Waals surface area (Å²) in [4.78, 5) is 12.2. The van der Waals surface area contributed by atoms with Crippen LogP contribution in [0.5, 0.6) is 0 Å². The number of amides is 1. The van der Waals surface area contributed by atoms with Crippen molar-refractivity contribution in [3.8, 4) is 0 Å². The highest BCUT2D eigenvalue weighted by Gasteiger charge is 2.13. The van der Waals surface area contributed by atoms with Gasteiger partial charge < -0.3 is 5.32 Å². The Morgan fingerprint density at radius 1 is 1.21 bits per heavy atom. The fraction of sp³-hybridized carbons (Fsp3) is 0.188. The molecule has 24 heavy (non-hydrogen) atoms. The van der Waals surface area contributed by atoms with E-state index in [0.29, 0.717) is 6.42 Å². The Bertz CT molecular complexity index is 856. The molecule has 0 heterocycles. The van der Waals surface area contributed by atoms with Gasteiger partial charge in [-0.25, -0.2) is 12.8 Å². The molecule has 0 unspecified atom stereocenters. The molecule has 2 N–H and O–H groups in total. The zero-order valence-corrected chi connectivity index (χ0v) is 14.4. The van der Waals surface area contributed by atoms with Crippen LogP contribution in [0.25, 0.3) is 0 Å². The van der Waals surface area contributed by atoms with Crippen LogP contribution in [0.2, 0.25) is 5.02 Å². The summed E-state index contributed by atoms with van der Waals surface area (Å²) in [7, 11) is -3.45. The number of halogens is 2. The first kappa shape index (κ1) is 18.2. The zero-order valence-electron chi connectivity index (χ0n) is 12.8. The lowest BCUT2D eigenvalue weighted by Crippen LogP contribution is -2.17. The van der Waals surface area contributed by atoms with Crippen LogP contribution in [0.3, 0.4) is 0 Å². The summed E-state index contributed by atoms with van der Waals surface area (Å²) in [5.41, 5.74) is 0.454. The summed E-state index contributed by atoms with van der Waals surface area (Å²) in [6, 6.07) is 9.85. The average molecular weight is 371 g/mol. The topological polar surface area (TPSA) is 75.3 Å². The van der Waals surface area contributed by atoms with Gasteiger partial charge in [-0.3, -0.25) is 9.52 Å². The van der Waals surface area contributed by atoms with Gasteiger partial charge in [0, 0.05) is 16.3 Å². The SMILES string of the molecule is CCCS(=O)(=O)Nc1cccc(C(=O)Nc2ccc(Cl)cc2F)c1. The van der Waals surface area contributed by atoms with E-state index >= 15 is 0 Å². The molecule has 0 aromatic heterocycles. The second kappa shape index (κ2) is 7.63. The second-order valence-electron chi connectivity index (χ2n) is 5.08. The third-order valence-electron chi connectivity index (χ3n) is 3.05. The molecule has 0 saturated carbocycles. The number of anilines is 2. The number of hydrogen-bond acceptors (Lipinski definition) is 3. The maximum atomic E-state index is 13.7. The van der Waals surface area contributed by atoms with Crippen LogP contribution in [0.15, 0.2) is 42.5 Å².